The Hall–Kier alpha value is -1.43. The molecular weight excluding hydrogens is 310 g/mol. The van der Waals surface area contributed by atoms with E-state index in [0.29, 0.717) is 16.7 Å². The van der Waals surface area contributed by atoms with Crippen LogP contribution in [0.2, 0.25) is 0 Å². The summed E-state index contributed by atoms with van der Waals surface area (Å²) < 4.78 is 0.637. The van der Waals surface area contributed by atoms with Crippen molar-refractivity contribution < 1.29 is 9.59 Å². The van der Waals surface area contributed by atoms with Crippen LogP contribution in [0, 0.1) is 0 Å². The van der Waals surface area contributed by atoms with Gasteiger partial charge in [-0.3, -0.25) is 9.59 Å². The largest absolute Gasteiger partial charge is 0.347 e. The van der Waals surface area contributed by atoms with E-state index < -0.39 is 0 Å². The van der Waals surface area contributed by atoms with E-state index in [2.05, 4.69) is 20.9 Å². The number of halogens is 1. The van der Waals surface area contributed by atoms with Gasteiger partial charge >= 0.3 is 0 Å². The molecule has 104 valence electrons. The Labute approximate surface area is 121 Å². The molecule has 1 heterocycles. The quantitative estimate of drug-likeness (QED) is 0.828. The van der Waals surface area contributed by atoms with Gasteiger partial charge in [-0.05, 0) is 34.5 Å². The number of aromatic nitrogens is 1. The molecule has 1 aromatic rings. The van der Waals surface area contributed by atoms with Gasteiger partial charge in [0, 0.05) is 31.3 Å². The van der Waals surface area contributed by atoms with Gasteiger partial charge in [-0.25, -0.2) is 4.98 Å². The minimum Gasteiger partial charge on any atom is -0.347 e. The van der Waals surface area contributed by atoms with Gasteiger partial charge in [0.2, 0.25) is 5.91 Å². The Morgan fingerprint density at radius 3 is 2.58 bits per heavy atom. The van der Waals surface area contributed by atoms with E-state index in [1.807, 2.05) is 6.92 Å². The first-order valence-electron chi connectivity index (χ1n) is 6.07. The molecule has 0 spiro atoms. The third-order valence-corrected chi connectivity index (χ3v) is 3.21. The Morgan fingerprint density at radius 1 is 1.37 bits per heavy atom. The summed E-state index contributed by atoms with van der Waals surface area (Å²) in [5.74, 6) is -0.335. The zero-order valence-electron chi connectivity index (χ0n) is 11.4. The van der Waals surface area contributed by atoms with Crippen LogP contribution in [0.3, 0.4) is 0 Å². The van der Waals surface area contributed by atoms with Crippen LogP contribution in [0.15, 0.2) is 22.8 Å². The average molecular weight is 328 g/mol. The molecule has 0 aliphatic heterocycles. The SMILES string of the molecule is CCCN(CC(=O)N(C)C)C(=O)c1ncccc1Br. The minimum absolute atomic E-state index is 0.0721. The maximum absolute atomic E-state index is 12.4. The second-order valence-corrected chi connectivity index (χ2v) is 5.20. The van der Waals surface area contributed by atoms with E-state index in [1.54, 1.807) is 32.4 Å². The standard InChI is InChI=1S/C13H18BrN3O2/c1-4-8-17(9-11(18)16(2)3)13(19)12-10(14)6-5-7-15-12/h5-7H,4,8-9H2,1-3H3. The summed E-state index contributed by atoms with van der Waals surface area (Å²) in [5, 5.41) is 0. The molecule has 1 rings (SSSR count). The number of hydrogen-bond donors (Lipinski definition) is 0. The predicted octanol–water partition coefficient (Wildman–Crippen LogP) is 1.78. The molecule has 0 saturated carbocycles. The van der Waals surface area contributed by atoms with Crippen molar-refractivity contribution in [3.05, 3.63) is 28.5 Å². The summed E-state index contributed by atoms with van der Waals surface area (Å²) in [4.78, 5) is 31.2. The Morgan fingerprint density at radius 2 is 2.05 bits per heavy atom. The fraction of sp³-hybridized carbons (Fsp3) is 0.462. The zero-order valence-corrected chi connectivity index (χ0v) is 13.0. The molecule has 0 N–H and O–H groups in total. The van der Waals surface area contributed by atoms with Gasteiger partial charge < -0.3 is 9.80 Å². The number of likely N-dealkylation sites (N-methyl/N-ethyl adjacent to an activating group) is 1. The number of carbonyl (C=O) groups is 2. The lowest BCUT2D eigenvalue weighted by atomic mass is 10.3. The average Bonchev–Trinajstić information content (AvgIpc) is 2.37. The Kier molecular flexibility index (Phi) is 5.95. The molecule has 0 aliphatic rings. The van der Waals surface area contributed by atoms with Crippen molar-refractivity contribution >= 4 is 27.7 Å². The smallest absolute Gasteiger partial charge is 0.274 e. The van der Waals surface area contributed by atoms with Crippen molar-refractivity contribution in [3.63, 3.8) is 0 Å². The van der Waals surface area contributed by atoms with Gasteiger partial charge in [-0.2, -0.15) is 0 Å². The Balaban J connectivity index is 2.90. The molecule has 0 unspecified atom stereocenters. The van der Waals surface area contributed by atoms with E-state index in [0.717, 1.165) is 6.42 Å². The van der Waals surface area contributed by atoms with Crippen molar-refractivity contribution in [2.24, 2.45) is 0 Å². The topological polar surface area (TPSA) is 53.5 Å². The molecule has 0 fully saturated rings. The Bertz CT molecular complexity index is 463. The van der Waals surface area contributed by atoms with Crippen LogP contribution >= 0.6 is 15.9 Å². The molecule has 0 bridgehead atoms. The lowest BCUT2D eigenvalue weighted by Crippen LogP contribution is -2.41. The summed E-state index contributed by atoms with van der Waals surface area (Å²) in [6.45, 7) is 2.57. The van der Waals surface area contributed by atoms with E-state index in [9.17, 15) is 9.59 Å². The molecule has 5 nitrogen and oxygen atoms in total. The molecule has 2 amide bonds. The summed E-state index contributed by atoms with van der Waals surface area (Å²) in [5.41, 5.74) is 0.336. The van der Waals surface area contributed by atoms with Gasteiger partial charge in [0.25, 0.3) is 5.91 Å². The monoisotopic (exact) mass is 327 g/mol. The van der Waals surface area contributed by atoms with Gasteiger partial charge in [0.1, 0.15) is 12.2 Å². The fourth-order valence-corrected chi connectivity index (χ4v) is 1.94. The number of amides is 2. The summed E-state index contributed by atoms with van der Waals surface area (Å²) in [6.07, 6.45) is 2.35. The summed E-state index contributed by atoms with van der Waals surface area (Å²) >= 11 is 3.31. The summed E-state index contributed by atoms with van der Waals surface area (Å²) in [7, 11) is 3.35. The molecule has 0 aromatic carbocycles. The van der Waals surface area contributed by atoms with Crippen LogP contribution in [0.25, 0.3) is 0 Å². The number of pyridine rings is 1. The fourth-order valence-electron chi connectivity index (χ4n) is 1.52. The van der Waals surface area contributed by atoms with Crippen molar-refractivity contribution in [3.8, 4) is 0 Å². The first kappa shape index (κ1) is 15.6. The van der Waals surface area contributed by atoms with Gasteiger partial charge in [-0.1, -0.05) is 6.92 Å². The van der Waals surface area contributed by atoms with Crippen LogP contribution in [-0.2, 0) is 4.79 Å². The van der Waals surface area contributed by atoms with Gasteiger partial charge in [0.05, 0.1) is 0 Å². The van der Waals surface area contributed by atoms with Crippen molar-refractivity contribution in [2.45, 2.75) is 13.3 Å². The van der Waals surface area contributed by atoms with Crippen molar-refractivity contribution in [1.82, 2.24) is 14.8 Å². The van der Waals surface area contributed by atoms with Gasteiger partial charge in [0.15, 0.2) is 0 Å². The molecule has 6 heteroatoms. The van der Waals surface area contributed by atoms with Crippen LogP contribution < -0.4 is 0 Å². The maximum atomic E-state index is 12.4. The van der Waals surface area contributed by atoms with Crippen LogP contribution in [0.5, 0.6) is 0 Å². The summed E-state index contributed by atoms with van der Waals surface area (Å²) in [6, 6.07) is 3.51. The highest BCUT2D eigenvalue weighted by molar-refractivity contribution is 9.10. The molecule has 0 saturated heterocycles. The number of carbonyl (C=O) groups excluding carboxylic acids is 2. The molecule has 19 heavy (non-hydrogen) atoms. The van der Waals surface area contributed by atoms with Crippen LogP contribution in [0.1, 0.15) is 23.8 Å². The minimum atomic E-state index is -0.232. The van der Waals surface area contributed by atoms with Crippen molar-refractivity contribution in [2.75, 3.05) is 27.2 Å². The first-order valence-corrected chi connectivity index (χ1v) is 6.86. The molecular formula is C13H18BrN3O2. The zero-order chi connectivity index (χ0) is 14.4. The van der Waals surface area contributed by atoms with E-state index in [-0.39, 0.29) is 18.4 Å². The van der Waals surface area contributed by atoms with Gasteiger partial charge in [-0.15, -0.1) is 0 Å². The lowest BCUT2D eigenvalue weighted by molar-refractivity contribution is -0.129. The molecule has 0 atom stereocenters. The highest BCUT2D eigenvalue weighted by Crippen LogP contribution is 2.15. The third-order valence-electron chi connectivity index (χ3n) is 2.57. The number of hydrogen-bond acceptors (Lipinski definition) is 3. The first-order chi connectivity index (χ1) is 8.97. The van der Waals surface area contributed by atoms with E-state index >= 15 is 0 Å². The van der Waals surface area contributed by atoms with E-state index in [4.69, 9.17) is 0 Å². The third kappa shape index (κ3) is 4.31. The van der Waals surface area contributed by atoms with E-state index in [1.165, 1.54) is 9.80 Å². The molecule has 0 aliphatic carbocycles. The second kappa shape index (κ2) is 7.23. The molecule has 0 radical (unpaired) electrons. The lowest BCUT2D eigenvalue weighted by Gasteiger charge is -2.23. The number of rotatable bonds is 5. The van der Waals surface area contributed by atoms with Crippen molar-refractivity contribution in [1.29, 1.82) is 0 Å². The second-order valence-electron chi connectivity index (χ2n) is 4.35. The highest BCUT2D eigenvalue weighted by Gasteiger charge is 2.21. The predicted molar refractivity (Wildman–Crippen MR) is 76.8 cm³/mol. The van der Waals surface area contributed by atoms with Crippen LogP contribution in [-0.4, -0.2) is 53.8 Å². The normalized spacial score (nSPS) is 10.1. The highest BCUT2D eigenvalue weighted by atomic mass is 79.9. The van der Waals surface area contributed by atoms with Crippen LogP contribution in [0.4, 0.5) is 0 Å². The maximum Gasteiger partial charge on any atom is 0.274 e. The molecule has 1 aromatic heterocycles. The number of nitrogens with zero attached hydrogens (tertiary/aromatic N) is 3.